The van der Waals surface area contributed by atoms with Crippen LogP contribution >= 0.6 is 0 Å². The van der Waals surface area contributed by atoms with E-state index in [0.29, 0.717) is 31.4 Å². The van der Waals surface area contributed by atoms with Gasteiger partial charge in [0.2, 0.25) is 27.7 Å². The predicted molar refractivity (Wildman–Crippen MR) is 181 cm³/mol. The maximum absolute atomic E-state index is 13.8. The zero-order valence-electron chi connectivity index (χ0n) is 30.2. The molecule has 284 valence electrons. The number of carbonyl (C=O) groups is 4. The smallest absolute Gasteiger partial charge is 0.379 e. The summed E-state index contributed by atoms with van der Waals surface area (Å²) in [5.41, 5.74) is 0.582. The summed E-state index contributed by atoms with van der Waals surface area (Å²) in [5, 5.41) is 1.74. The van der Waals surface area contributed by atoms with Gasteiger partial charge in [0.05, 0.1) is 42.4 Å². The highest BCUT2D eigenvalue weighted by Crippen LogP contribution is 2.29. The van der Waals surface area contributed by atoms with E-state index in [1.165, 1.54) is 45.4 Å². The number of rotatable bonds is 18. The molecule has 6 atom stereocenters. The second kappa shape index (κ2) is 18.8. The minimum atomic E-state index is -5.02. The molecule has 0 aliphatic carbocycles. The molecule has 0 radical (unpaired) electrons. The molecular formula is C34H53F3N4O8S. The van der Waals surface area contributed by atoms with Gasteiger partial charge in [0, 0.05) is 40.8 Å². The van der Waals surface area contributed by atoms with Crippen molar-refractivity contribution in [3.8, 4) is 0 Å². The third-order valence-corrected chi connectivity index (χ3v) is 10.5. The summed E-state index contributed by atoms with van der Waals surface area (Å²) < 4.78 is 76.7. The molecule has 1 fully saturated rings. The fourth-order valence-corrected chi connectivity index (χ4v) is 7.55. The van der Waals surface area contributed by atoms with Crippen LogP contribution in [-0.4, -0.2) is 100 Å². The second-order valence-electron chi connectivity index (χ2n) is 13.5. The SMILES string of the molecule is CC[C@H](C)[C@@H]([C@@H](CC(=O)N1CCC[C@H]1[C@H](OC)[C@@H](C)C(=O)NS(=O)(=O)Cc1ccc(CNC(=O)C(F)(F)F)cc1)OC)N(C)C(=O)CC(C)C. The molecule has 1 saturated heterocycles. The van der Waals surface area contributed by atoms with Gasteiger partial charge in [0.1, 0.15) is 0 Å². The molecule has 1 aliphatic heterocycles. The van der Waals surface area contributed by atoms with Crippen LogP contribution in [0.1, 0.15) is 77.8 Å². The number of benzene rings is 1. The van der Waals surface area contributed by atoms with Crippen molar-refractivity contribution < 1.29 is 50.2 Å². The third kappa shape index (κ3) is 12.2. The maximum atomic E-state index is 13.8. The average Bonchev–Trinajstić information content (AvgIpc) is 3.52. The topological polar surface area (TPSA) is 151 Å². The van der Waals surface area contributed by atoms with Crippen LogP contribution < -0.4 is 10.0 Å². The van der Waals surface area contributed by atoms with Crippen molar-refractivity contribution in [3.05, 3.63) is 35.4 Å². The van der Waals surface area contributed by atoms with Gasteiger partial charge in [-0.15, -0.1) is 0 Å². The van der Waals surface area contributed by atoms with Gasteiger partial charge in [-0.05, 0) is 35.8 Å². The molecule has 2 N–H and O–H groups in total. The van der Waals surface area contributed by atoms with Crippen LogP contribution in [0.2, 0.25) is 0 Å². The number of alkyl halides is 3. The number of amides is 4. The molecule has 0 spiro atoms. The summed E-state index contributed by atoms with van der Waals surface area (Å²) in [7, 11) is 0.462. The van der Waals surface area contributed by atoms with Gasteiger partial charge >= 0.3 is 12.1 Å². The van der Waals surface area contributed by atoms with Crippen molar-refractivity contribution in [1.82, 2.24) is 19.8 Å². The Hall–Kier alpha value is -3.24. The standard InChI is InChI=1S/C34H53F3N4O8S/c1-9-22(4)30(40(6)28(42)17-21(2)3)27(48-7)18-29(43)41-16-10-11-26(41)31(49-8)23(5)32(44)39-50(46,47)20-25-14-12-24(13-15-25)19-38-33(45)34(35,36)37/h12-15,21-23,26-27,30-31H,9-11,16-20H2,1-8H3,(H,38,45)(H,39,44)/t22-,23+,26-,27+,30-,31+/m0/s1. The van der Waals surface area contributed by atoms with Crippen molar-refractivity contribution in [2.24, 2.45) is 17.8 Å². The number of nitrogens with zero attached hydrogens (tertiary/aromatic N) is 2. The first-order valence-electron chi connectivity index (χ1n) is 16.8. The number of likely N-dealkylation sites (N-methyl/N-ethyl adjacent to an activating group) is 1. The third-order valence-electron chi connectivity index (χ3n) is 9.23. The number of sulfonamides is 1. The molecule has 16 heteroatoms. The molecule has 1 aliphatic rings. The molecule has 1 aromatic rings. The van der Waals surface area contributed by atoms with E-state index >= 15 is 0 Å². The van der Waals surface area contributed by atoms with Crippen LogP contribution in [0.5, 0.6) is 0 Å². The molecule has 1 aromatic carbocycles. The summed E-state index contributed by atoms with van der Waals surface area (Å²) in [6.45, 7) is 9.51. The summed E-state index contributed by atoms with van der Waals surface area (Å²) in [4.78, 5) is 54.5. The van der Waals surface area contributed by atoms with E-state index in [1.807, 2.05) is 27.7 Å². The quantitative estimate of drug-likeness (QED) is 0.232. The molecule has 4 amide bonds. The zero-order valence-corrected chi connectivity index (χ0v) is 31.0. The highest BCUT2D eigenvalue weighted by Gasteiger charge is 2.42. The van der Waals surface area contributed by atoms with Gasteiger partial charge in [-0.25, -0.2) is 8.42 Å². The largest absolute Gasteiger partial charge is 0.471 e. The number of carbonyl (C=O) groups excluding carboxylic acids is 4. The number of ether oxygens (including phenoxy) is 2. The van der Waals surface area contributed by atoms with E-state index in [9.17, 15) is 40.8 Å². The normalized spacial score (nSPS) is 18.2. The number of hydrogen-bond acceptors (Lipinski definition) is 8. The molecule has 0 saturated carbocycles. The Bertz CT molecular complexity index is 1410. The average molecular weight is 735 g/mol. The van der Waals surface area contributed by atoms with Gasteiger partial charge in [0.15, 0.2) is 0 Å². The number of nitrogens with one attached hydrogen (secondary N) is 2. The monoisotopic (exact) mass is 734 g/mol. The lowest BCUT2D eigenvalue weighted by Crippen LogP contribution is -2.53. The van der Waals surface area contributed by atoms with E-state index in [0.717, 1.165) is 6.42 Å². The Morgan fingerprint density at radius 1 is 1.00 bits per heavy atom. The zero-order chi connectivity index (χ0) is 38.0. The molecule has 2 rings (SSSR count). The molecule has 0 aromatic heterocycles. The van der Waals surface area contributed by atoms with Gasteiger partial charge in [-0.3, -0.25) is 23.9 Å². The number of hydrogen-bond donors (Lipinski definition) is 2. The predicted octanol–water partition coefficient (Wildman–Crippen LogP) is 3.78. The van der Waals surface area contributed by atoms with Crippen molar-refractivity contribution in [2.45, 2.75) is 109 Å². The van der Waals surface area contributed by atoms with Gasteiger partial charge in [0.25, 0.3) is 0 Å². The maximum Gasteiger partial charge on any atom is 0.471 e. The van der Waals surface area contributed by atoms with Crippen molar-refractivity contribution >= 4 is 33.7 Å². The Kier molecular flexibility index (Phi) is 16.2. The van der Waals surface area contributed by atoms with E-state index in [2.05, 4.69) is 4.72 Å². The molecular weight excluding hydrogens is 681 g/mol. The molecule has 50 heavy (non-hydrogen) atoms. The summed E-state index contributed by atoms with van der Waals surface area (Å²) in [5.74, 6) is -4.51. The lowest BCUT2D eigenvalue weighted by atomic mass is 9.90. The van der Waals surface area contributed by atoms with E-state index in [1.54, 1.807) is 22.2 Å². The minimum Gasteiger partial charge on any atom is -0.379 e. The van der Waals surface area contributed by atoms with Crippen LogP contribution in [0.4, 0.5) is 13.2 Å². The first kappa shape index (κ1) is 42.9. The summed E-state index contributed by atoms with van der Waals surface area (Å²) in [6.07, 6.45) is -4.12. The minimum absolute atomic E-state index is 0.000184. The number of likely N-dealkylation sites (tertiary alicyclic amines) is 1. The van der Waals surface area contributed by atoms with Crippen molar-refractivity contribution in [2.75, 3.05) is 27.8 Å². The first-order chi connectivity index (χ1) is 23.3. The van der Waals surface area contributed by atoms with Crippen LogP contribution in [0.15, 0.2) is 24.3 Å². The molecule has 12 nitrogen and oxygen atoms in total. The van der Waals surface area contributed by atoms with Crippen LogP contribution in [-0.2, 0) is 51.0 Å². The van der Waals surface area contributed by atoms with Gasteiger partial charge in [-0.2, -0.15) is 13.2 Å². The van der Waals surface area contributed by atoms with Crippen molar-refractivity contribution in [3.63, 3.8) is 0 Å². The van der Waals surface area contributed by atoms with Crippen LogP contribution in [0, 0.1) is 17.8 Å². The molecule has 0 unspecified atom stereocenters. The van der Waals surface area contributed by atoms with Crippen LogP contribution in [0.3, 0.4) is 0 Å². The Morgan fingerprint density at radius 3 is 2.12 bits per heavy atom. The first-order valence-corrected chi connectivity index (χ1v) is 18.5. The number of methoxy groups -OCH3 is 2. The summed E-state index contributed by atoms with van der Waals surface area (Å²) in [6, 6.07) is 4.64. The fourth-order valence-electron chi connectivity index (χ4n) is 6.36. The van der Waals surface area contributed by atoms with E-state index < -0.39 is 64.5 Å². The Balaban J connectivity index is 2.11. The van der Waals surface area contributed by atoms with Crippen molar-refractivity contribution in [1.29, 1.82) is 0 Å². The lowest BCUT2D eigenvalue weighted by Gasteiger charge is -2.39. The second-order valence-corrected chi connectivity index (χ2v) is 15.2. The van der Waals surface area contributed by atoms with Crippen LogP contribution in [0.25, 0.3) is 0 Å². The van der Waals surface area contributed by atoms with E-state index in [4.69, 9.17) is 9.47 Å². The van der Waals surface area contributed by atoms with Gasteiger partial charge in [-0.1, -0.05) is 65.3 Å². The van der Waals surface area contributed by atoms with Gasteiger partial charge < -0.3 is 24.6 Å². The summed E-state index contributed by atoms with van der Waals surface area (Å²) >= 11 is 0. The fraction of sp³-hybridized carbons (Fsp3) is 0.706. The Labute approximate surface area is 293 Å². The molecule has 0 bridgehead atoms. The molecule has 1 heterocycles. The highest BCUT2D eigenvalue weighted by atomic mass is 32.2. The highest BCUT2D eigenvalue weighted by molar-refractivity contribution is 7.89. The number of halogens is 3. The Morgan fingerprint density at radius 2 is 1.60 bits per heavy atom. The van der Waals surface area contributed by atoms with E-state index in [-0.39, 0.29) is 41.7 Å². The lowest BCUT2D eigenvalue weighted by molar-refractivity contribution is -0.173.